The summed E-state index contributed by atoms with van der Waals surface area (Å²) in [5.41, 5.74) is 8.04. The number of hydrogen-bond acceptors (Lipinski definition) is 4. The van der Waals surface area contributed by atoms with Crippen LogP contribution in [0.2, 0.25) is 0 Å². The van der Waals surface area contributed by atoms with Crippen molar-refractivity contribution < 1.29 is 0 Å². The molecule has 1 unspecified atom stereocenters. The summed E-state index contributed by atoms with van der Waals surface area (Å²) in [4.78, 5) is 1.31. The maximum absolute atomic E-state index is 5.96. The molecule has 0 radical (unpaired) electrons. The van der Waals surface area contributed by atoms with E-state index in [9.17, 15) is 0 Å². The molecule has 0 saturated heterocycles. The van der Waals surface area contributed by atoms with Gasteiger partial charge < -0.3 is 5.73 Å². The van der Waals surface area contributed by atoms with Gasteiger partial charge >= 0.3 is 0 Å². The largest absolute Gasteiger partial charge is 0.322 e. The number of aromatic nitrogens is 3. The number of hydrogen-bond donors (Lipinski definition) is 2. The lowest BCUT2D eigenvalue weighted by Gasteiger charge is -2.05. The third-order valence-corrected chi connectivity index (χ3v) is 2.96. The SMILES string of the molecule is Cc1cc(CC(N)c2cn[nH]n2)cs1. The first-order valence-corrected chi connectivity index (χ1v) is 5.29. The highest BCUT2D eigenvalue weighted by molar-refractivity contribution is 7.10. The number of rotatable bonds is 3. The summed E-state index contributed by atoms with van der Waals surface area (Å²) >= 11 is 1.74. The van der Waals surface area contributed by atoms with E-state index >= 15 is 0 Å². The van der Waals surface area contributed by atoms with E-state index in [2.05, 4.69) is 33.8 Å². The molecule has 0 aliphatic carbocycles. The first-order valence-electron chi connectivity index (χ1n) is 4.41. The van der Waals surface area contributed by atoms with E-state index < -0.39 is 0 Å². The Morgan fingerprint density at radius 3 is 3.07 bits per heavy atom. The normalized spacial score (nSPS) is 13.0. The van der Waals surface area contributed by atoms with Crippen LogP contribution < -0.4 is 5.73 Å². The van der Waals surface area contributed by atoms with Crippen LogP contribution in [0, 0.1) is 6.92 Å². The molecule has 4 nitrogen and oxygen atoms in total. The van der Waals surface area contributed by atoms with Gasteiger partial charge in [0.15, 0.2) is 0 Å². The summed E-state index contributed by atoms with van der Waals surface area (Å²) in [6.45, 7) is 2.09. The number of nitrogens with two attached hydrogens (primary N) is 1. The van der Waals surface area contributed by atoms with Gasteiger partial charge in [-0.15, -0.1) is 11.3 Å². The zero-order valence-electron chi connectivity index (χ0n) is 7.90. The first-order chi connectivity index (χ1) is 6.75. The Morgan fingerprint density at radius 1 is 1.64 bits per heavy atom. The van der Waals surface area contributed by atoms with Gasteiger partial charge in [0.25, 0.3) is 0 Å². The fraction of sp³-hybridized carbons (Fsp3) is 0.333. The quantitative estimate of drug-likeness (QED) is 0.801. The highest BCUT2D eigenvalue weighted by atomic mass is 32.1. The molecule has 0 bridgehead atoms. The van der Waals surface area contributed by atoms with E-state index in [0.717, 1.165) is 12.1 Å². The number of nitrogens with one attached hydrogen (secondary N) is 1. The summed E-state index contributed by atoms with van der Waals surface area (Å²) in [6, 6.07) is 2.09. The maximum Gasteiger partial charge on any atom is 0.0995 e. The predicted octanol–water partition coefficient (Wildman–Crippen LogP) is 1.42. The molecular weight excluding hydrogens is 196 g/mol. The molecule has 0 aliphatic rings. The van der Waals surface area contributed by atoms with Crippen LogP contribution >= 0.6 is 11.3 Å². The lowest BCUT2D eigenvalue weighted by atomic mass is 10.1. The van der Waals surface area contributed by atoms with Crippen molar-refractivity contribution in [2.75, 3.05) is 0 Å². The minimum absolute atomic E-state index is 0.0669. The summed E-state index contributed by atoms with van der Waals surface area (Å²) in [7, 11) is 0. The standard InChI is InChI=1S/C9H12N4S/c1-6-2-7(5-14-6)3-8(10)9-4-11-13-12-9/h2,4-5,8H,3,10H2,1H3,(H,11,12,13). The first kappa shape index (κ1) is 9.36. The van der Waals surface area contributed by atoms with Crippen LogP contribution in [-0.4, -0.2) is 15.4 Å². The second-order valence-corrected chi connectivity index (χ2v) is 4.39. The van der Waals surface area contributed by atoms with Gasteiger partial charge in [0.05, 0.1) is 17.9 Å². The van der Waals surface area contributed by atoms with Crippen LogP contribution in [0.15, 0.2) is 17.6 Å². The van der Waals surface area contributed by atoms with Crippen LogP contribution in [0.5, 0.6) is 0 Å². The van der Waals surface area contributed by atoms with Crippen molar-refractivity contribution in [2.45, 2.75) is 19.4 Å². The van der Waals surface area contributed by atoms with Gasteiger partial charge in [-0.25, -0.2) is 0 Å². The molecule has 74 valence electrons. The van der Waals surface area contributed by atoms with E-state index in [4.69, 9.17) is 5.73 Å². The molecule has 2 rings (SSSR count). The third-order valence-electron chi connectivity index (χ3n) is 2.05. The number of aromatic amines is 1. The molecule has 5 heteroatoms. The van der Waals surface area contributed by atoms with E-state index in [1.165, 1.54) is 10.4 Å². The van der Waals surface area contributed by atoms with Crippen molar-refractivity contribution >= 4 is 11.3 Å². The summed E-state index contributed by atoms with van der Waals surface area (Å²) in [5, 5.41) is 12.4. The lowest BCUT2D eigenvalue weighted by molar-refractivity contribution is 0.692. The average Bonchev–Trinajstić information content (AvgIpc) is 2.75. The number of nitrogens with zero attached hydrogens (tertiary/aromatic N) is 2. The predicted molar refractivity (Wildman–Crippen MR) is 56.1 cm³/mol. The van der Waals surface area contributed by atoms with Gasteiger partial charge in [0.2, 0.25) is 0 Å². The molecule has 0 fully saturated rings. The fourth-order valence-electron chi connectivity index (χ4n) is 1.35. The second kappa shape index (κ2) is 3.89. The highest BCUT2D eigenvalue weighted by Gasteiger charge is 2.10. The van der Waals surface area contributed by atoms with Crippen LogP contribution in [0.25, 0.3) is 0 Å². The van der Waals surface area contributed by atoms with E-state index in [1.54, 1.807) is 17.5 Å². The fourth-order valence-corrected chi connectivity index (χ4v) is 2.07. The van der Waals surface area contributed by atoms with Crippen molar-refractivity contribution in [1.82, 2.24) is 15.4 Å². The Labute approximate surface area is 86.1 Å². The van der Waals surface area contributed by atoms with Crippen LogP contribution in [-0.2, 0) is 6.42 Å². The van der Waals surface area contributed by atoms with Crippen molar-refractivity contribution in [1.29, 1.82) is 0 Å². The molecule has 0 aromatic carbocycles. The van der Waals surface area contributed by atoms with Crippen LogP contribution in [0.4, 0.5) is 0 Å². The number of H-pyrrole nitrogens is 1. The van der Waals surface area contributed by atoms with Crippen molar-refractivity contribution in [3.63, 3.8) is 0 Å². The van der Waals surface area contributed by atoms with Crippen LogP contribution in [0.3, 0.4) is 0 Å². The number of thiophene rings is 1. The van der Waals surface area contributed by atoms with E-state index in [-0.39, 0.29) is 6.04 Å². The number of aryl methyl sites for hydroxylation is 1. The molecule has 2 aromatic heterocycles. The molecule has 0 amide bonds. The van der Waals surface area contributed by atoms with E-state index in [1.807, 2.05) is 0 Å². The minimum Gasteiger partial charge on any atom is -0.322 e. The van der Waals surface area contributed by atoms with Crippen molar-refractivity contribution in [3.8, 4) is 0 Å². The van der Waals surface area contributed by atoms with Gasteiger partial charge in [-0.05, 0) is 30.4 Å². The summed E-state index contributed by atoms with van der Waals surface area (Å²) < 4.78 is 0. The second-order valence-electron chi connectivity index (χ2n) is 3.27. The maximum atomic E-state index is 5.96. The zero-order valence-corrected chi connectivity index (χ0v) is 8.71. The van der Waals surface area contributed by atoms with Crippen molar-refractivity contribution in [3.05, 3.63) is 33.8 Å². The smallest absolute Gasteiger partial charge is 0.0995 e. The molecule has 3 N–H and O–H groups in total. The average molecular weight is 208 g/mol. The van der Waals surface area contributed by atoms with Crippen LogP contribution in [0.1, 0.15) is 22.2 Å². The monoisotopic (exact) mass is 208 g/mol. The Kier molecular flexibility index (Phi) is 2.60. The third kappa shape index (κ3) is 2.00. The molecule has 14 heavy (non-hydrogen) atoms. The molecule has 0 saturated carbocycles. The van der Waals surface area contributed by atoms with Crippen molar-refractivity contribution in [2.24, 2.45) is 5.73 Å². The molecule has 2 aromatic rings. The highest BCUT2D eigenvalue weighted by Crippen LogP contribution is 2.18. The molecule has 0 spiro atoms. The van der Waals surface area contributed by atoms with E-state index in [0.29, 0.717) is 0 Å². The Morgan fingerprint density at radius 2 is 2.50 bits per heavy atom. The molecule has 0 aliphatic heterocycles. The minimum atomic E-state index is -0.0669. The lowest BCUT2D eigenvalue weighted by Crippen LogP contribution is -2.13. The summed E-state index contributed by atoms with van der Waals surface area (Å²) in [6.07, 6.45) is 2.49. The Hall–Kier alpha value is -1.20. The van der Waals surface area contributed by atoms with Gasteiger partial charge in [-0.3, -0.25) is 0 Å². The Bertz CT molecular complexity index is 393. The summed E-state index contributed by atoms with van der Waals surface area (Å²) in [5.74, 6) is 0. The molecule has 2 heterocycles. The molecule has 1 atom stereocenters. The Balaban J connectivity index is 2.05. The topological polar surface area (TPSA) is 67.6 Å². The zero-order chi connectivity index (χ0) is 9.97. The molecular formula is C9H12N4S. The van der Waals surface area contributed by atoms with Gasteiger partial charge in [0.1, 0.15) is 0 Å². The van der Waals surface area contributed by atoms with Gasteiger partial charge in [-0.1, -0.05) is 0 Å². The van der Waals surface area contributed by atoms with Gasteiger partial charge in [0, 0.05) is 4.88 Å². The van der Waals surface area contributed by atoms with Gasteiger partial charge in [-0.2, -0.15) is 15.4 Å².